The molecule has 0 aromatic heterocycles. The second kappa shape index (κ2) is 6.20. The van der Waals surface area contributed by atoms with Crippen LogP contribution in [0.2, 0.25) is 0 Å². The fourth-order valence-electron chi connectivity index (χ4n) is 3.26. The third kappa shape index (κ3) is 4.44. The number of hydrogen-bond acceptors (Lipinski definition) is 4. The van der Waals surface area contributed by atoms with Crippen LogP contribution in [0.5, 0.6) is 0 Å². The van der Waals surface area contributed by atoms with Crippen molar-refractivity contribution < 1.29 is 19.5 Å². The normalized spacial score (nSPS) is 23.4. The Labute approximate surface area is 115 Å². The van der Waals surface area contributed by atoms with Crippen LogP contribution < -0.4 is 0 Å². The van der Waals surface area contributed by atoms with Gasteiger partial charge < -0.3 is 14.7 Å². The van der Waals surface area contributed by atoms with Crippen molar-refractivity contribution in [3.63, 3.8) is 0 Å². The first-order chi connectivity index (χ1) is 8.69. The lowest BCUT2D eigenvalue weighted by Crippen LogP contribution is -2.61. The zero-order chi connectivity index (χ0) is 14.7. The Morgan fingerprint density at radius 1 is 1.26 bits per heavy atom. The van der Waals surface area contributed by atoms with Crippen molar-refractivity contribution in [3.05, 3.63) is 0 Å². The summed E-state index contributed by atoms with van der Waals surface area (Å²) in [4.78, 5) is 16.0. The van der Waals surface area contributed by atoms with Gasteiger partial charge in [0.1, 0.15) is 0 Å². The monoisotopic (exact) mass is 273 g/mol. The van der Waals surface area contributed by atoms with Crippen molar-refractivity contribution >= 4 is 5.97 Å². The average Bonchev–Trinajstić information content (AvgIpc) is 2.21. The second-order valence-electron chi connectivity index (χ2n) is 6.50. The molecule has 19 heavy (non-hydrogen) atoms. The highest BCUT2D eigenvalue weighted by Gasteiger charge is 2.46. The van der Waals surface area contributed by atoms with Crippen LogP contribution in [0.15, 0.2) is 0 Å². The average molecular weight is 273 g/mol. The van der Waals surface area contributed by atoms with E-state index in [1.807, 2.05) is 5.06 Å². The Balaban J connectivity index is 2.52. The number of carboxylic acids is 1. The summed E-state index contributed by atoms with van der Waals surface area (Å²) in [6.07, 6.45) is 2.67. The molecule has 1 N–H and O–H groups in total. The van der Waals surface area contributed by atoms with Crippen molar-refractivity contribution in [1.82, 2.24) is 5.06 Å². The summed E-state index contributed by atoms with van der Waals surface area (Å²) >= 11 is 0. The molecule has 5 heteroatoms. The van der Waals surface area contributed by atoms with Crippen molar-refractivity contribution in [1.29, 1.82) is 0 Å². The maximum absolute atomic E-state index is 10.5. The Morgan fingerprint density at radius 3 is 2.21 bits per heavy atom. The van der Waals surface area contributed by atoms with Gasteiger partial charge in [-0.2, -0.15) is 5.06 Å². The predicted molar refractivity (Wildman–Crippen MR) is 72.8 cm³/mol. The molecule has 5 nitrogen and oxygen atoms in total. The standard InChI is InChI=1S/C14H27NO4/c1-13(2)9-11(19-8-6-7-12(16)17)10-14(3,4)15(13)18-5/h11H,6-10H2,1-5H3,(H,16,17). The van der Waals surface area contributed by atoms with Gasteiger partial charge in [0.05, 0.1) is 13.2 Å². The number of rotatable bonds is 6. The smallest absolute Gasteiger partial charge is 0.303 e. The zero-order valence-electron chi connectivity index (χ0n) is 12.7. The zero-order valence-corrected chi connectivity index (χ0v) is 12.7. The molecule has 0 saturated carbocycles. The molecule has 0 radical (unpaired) electrons. The summed E-state index contributed by atoms with van der Waals surface area (Å²) < 4.78 is 5.85. The van der Waals surface area contributed by atoms with Gasteiger partial charge in [0.2, 0.25) is 0 Å². The van der Waals surface area contributed by atoms with Crippen molar-refractivity contribution in [2.24, 2.45) is 0 Å². The van der Waals surface area contributed by atoms with E-state index in [-0.39, 0.29) is 23.6 Å². The number of aliphatic carboxylic acids is 1. The summed E-state index contributed by atoms with van der Waals surface area (Å²) in [5.74, 6) is -0.765. The Bertz CT molecular complexity index is 297. The molecule has 0 aromatic rings. The van der Waals surface area contributed by atoms with E-state index in [2.05, 4.69) is 27.7 Å². The molecule has 1 fully saturated rings. The largest absolute Gasteiger partial charge is 0.481 e. The van der Waals surface area contributed by atoms with E-state index >= 15 is 0 Å². The van der Waals surface area contributed by atoms with E-state index in [1.54, 1.807) is 7.11 Å². The molecule has 1 aliphatic rings. The molecule has 0 atom stereocenters. The molecule has 0 aromatic carbocycles. The highest BCUT2D eigenvalue weighted by Crippen LogP contribution is 2.39. The van der Waals surface area contributed by atoms with E-state index in [0.29, 0.717) is 13.0 Å². The molecular formula is C14H27NO4. The maximum Gasteiger partial charge on any atom is 0.303 e. The quantitative estimate of drug-likeness (QED) is 0.753. The SMILES string of the molecule is CON1C(C)(C)CC(OCCCC(=O)O)CC1(C)C. The fraction of sp³-hybridized carbons (Fsp3) is 0.929. The molecule has 0 aliphatic carbocycles. The molecule has 0 spiro atoms. The number of carbonyl (C=O) groups is 1. The van der Waals surface area contributed by atoms with E-state index in [0.717, 1.165) is 12.8 Å². The molecule has 1 saturated heterocycles. The molecule has 1 heterocycles. The minimum absolute atomic E-state index is 0.0893. The topological polar surface area (TPSA) is 59.0 Å². The maximum atomic E-state index is 10.5. The lowest BCUT2D eigenvalue weighted by atomic mass is 9.80. The van der Waals surface area contributed by atoms with Crippen molar-refractivity contribution in [2.75, 3.05) is 13.7 Å². The van der Waals surface area contributed by atoms with Crippen LogP contribution in [0, 0.1) is 0 Å². The molecular weight excluding hydrogens is 246 g/mol. The van der Waals surface area contributed by atoms with Gasteiger partial charge in [-0.1, -0.05) is 0 Å². The highest BCUT2D eigenvalue weighted by molar-refractivity contribution is 5.66. The van der Waals surface area contributed by atoms with Gasteiger partial charge in [-0.15, -0.1) is 0 Å². The second-order valence-corrected chi connectivity index (χ2v) is 6.50. The van der Waals surface area contributed by atoms with E-state index in [1.165, 1.54) is 0 Å². The molecule has 1 rings (SSSR count). The summed E-state index contributed by atoms with van der Waals surface area (Å²) in [6, 6.07) is 0. The van der Waals surface area contributed by atoms with Crippen LogP contribution >= 0.6 is 0 Å². The van der Waals surface area contributed by atoms with Gasteiger partial charge in [-0.05, 0) is 47.0 Å². The Hall–Kier alpha value is -0.650. The highest BCUT2D eigenvalue weighted by atomic mass is 16.7. The first kappa shape index (κ1) is 16.4. The van der Waals surface area contributed by atoms with Gasteiger partial charge in [-0.3, -0.25) is 4.79 Å². The number of piperidine rings is 1. The van der Waals surface area contributed by atoms with Gasteiger partial charge in [0.25, 0.3) is 0 Å². The van der Waals surface area contributed by atoms with Gasteiger partial charge in [0.15, 0.2) is 0 Å². The molecule has 112 valence electrons. The lowest BCUT2D eigenvalue weighted by Gasteiger charge is -2.53. The van der Waals surface area contributed by atoms with Gasteiger partial charge in [0, 0.05) is 24.1 Å². The van der Waals surface area contributed by atoms with Crippen LogP contribution in [0.1, 0.15) is 53.4 Å². The first-order valence-electron chi connectivity index (χ1n) is 6.87. The van der Waals surface area contributed by atoms with E-state index in [4.69, 9.17) is 14.7 Å². The molecule has 1 aliphatic heterocycles. The van der Waals surface area contributed by atoms with Gasteiger partial charge >= 0.3 is 5.97 Å². The van der Waals surface area contributed by atoms with Crippen LogP contribution in [-0.4, -0.2) is 47.0 Å². The summed E-state index contributed by atoms with van der Waals surface area (Å²) in [5, 5.41) is 10.6. The van der Waals surface area contributed by atoms with E-state index < -0.39 is 5.97 Å². The van der Waals surface area contributed by atoms with Crippen LogP contribution in [0.3, 0.4) is 0 Å². The van der Waals surface area contributed by atoms with Crippen molar-refractivity contribution in [3.8, 4) is 0 Å². The molecule has 0 unspecified atom stereocenters. The summed E-state index contributed by atoms with van der Waals surface area (Å²) in [7, 11) is 1.71. The predicted octanol–water partition coefficient (Wildman–Crippen LogP) is 2.45. The number of hydrogen-bond donors (Lipinski definition) is 1. The minimum atomic E-state index is -0.765. The van der Waals surface area contributed by atoms with Crippen LogP contribution in [0.25, 0.3) is 0 Å². The number of hydroxylamine groups is 2. The molecule has 0 bridgehead atoms. The van der Waals surface area contributed by atoms with Crippen molar-refractivity contribution in [2.45, 2.75) is 70.6 Å². The minimum Gasteiger partial charge on any atom is -0.481 e. The molecule has 0 amide bonds. The Morgan fingerprint density at radius 2 is 1.79 bits per heavy atom. The summed E-state index contributed by atoms with van der Waals surface area (Å²) in [6.45, 7) is 9.09. The third-order valence-electron chi connectivity index (χ3n) is 3.63. The van der Waals surface area contributed by atoms with Crippen LogP contribution in [0.4, 0.5) is 0 Å². The van der Waals surface area contributed by atoms with Crippen LogP contribution in [-0.2, 0) is 14.4 Å². The first-order valence-corrected chi connectivity index (χ1v) is 6.87. The number of carboxylic acid groups (broad SMARTS) is 1. The van der Waals surface area contributed by atoms with E-state index in [9.17, 15) is 4.79 Å². The fourth-order valence-corrected chi connectivity index (χ4v) is 3.26. The Kier molecular flexibility index (Phi) is 5.35. The number of nitrogens with zero attached hydrogens (tertiary/aromatic N) is 1. The lowest BCUT2D eigenvalue weighted by molar-refractivity contribution is -0.280. The number of ether oxygens (including phenoxy) is 1. The summed E-state index contributed by atoms with van der Waals surface area (Å²) in [5.41, 5.74) is -0.179. The van der Waals surface area contributed by atoms with Gasteiger partial charge in [-0.25, -0.2) is 0 Å². The third-order valence-corrected chi connectivity index (χ3v) is 3.63.